The van der Waals surface area contributed by atoms with Crippen molar-refractivity contribution in [2.24, 2.45) is 5.73 Å². The molecule has 1 unspecified atom stereocenters. The van der Waals surface area contributed by atoms with Gasteiger partial charge in [-0.2, -0.15) is 0 Å². The molecule has 0 aliphatic rings. The zero-order valence-corrected chi connectivity index (χ0v) is 11.6. The molecule has 0 aliphatic heterocycles. The number of H-pyrrole nitrogens is 1. The smallest absolute Gasteiger partial charge is 0.336 e. The molecular formula is C13H15N5O4. The third-order valence-electron chi connectivity index (χ3n) is 3.09. The fraction of sp³-hybridized carbons (Fsp3) is 0.231. The first-order valence-corrected chi connectivity index (χ1v) is 6.48. The van der Waals surface area contributed by atoms with E-state index in [0.29, 0.717) is 12.0 Å². The van der Waals surface area contributed by atoms with Gasteiger partial charge in [-0.1, -0.05) is 18.2 Å². The number of benzene rings is 1. The van der Waals surface area contributed by atoms with E-state index in [2.05, 4.69) is 9.97 Å². The first-order valence-electron chi connectivity index (χ1n) is 6.48. The summed E-state index contributed by atoms with van der Waals surface area (Å²) in [5.74, 6) is -0.321. The molecular weight excluding hydrogens is 290 g/mol. The number of nitrogens with two attached hydrogens (primary N) is 1. The molecule has 0 saturated carbocycles. The number of carbonyl (C=O) groups is 1. The molecule has 0 bridgehead atoms. The second-order valence-corrected chi connectivity index (χ2v) is 4.48. The zero-order valence-electron chi connectivity index (χ0n) is 11.6. The molecule has 0 fully saturated rings. The molecule has 2 amide bonds. The number of primary amides is 1. The van der Waals surface area contributed by atoms with Crippen LogP contribution in [-0.4, -0.2) is 27.5 Å². The number of nitro benzene ring substituents is 1. The summed E-state index contributed by atoms with van der Waals surface area (Å²) in [5, 5.41) is 11.2. The normalized spacial score (nSPS) is 11.8. The minimum absolute atomic E-state index is 0.0185. The highest BCUT2D eigenvalue weighted by atomic mass is 16.7. The van der Waals surface area contributed by atoms with Gasteiger partial charge in [0.25, 0.3) is 5.69 Å². The number of carbonyl (C=O) groups excluding carboxylic acids is 1. The molecule has 1 aromatic carbocycles. The third-order valence-corrected chi connectivity index (χ3v) is 3.09. The molecule has 0 aliphatic carbocycles. The van der Waals surface area contributed by atoms with Gasteiger partial charge in [-0.3, -0.25) is 15.0 Å². The van der Waals surface area contributed by atoms with E-state index in [1.54, 1.807) is 24.4 Å². The van der Waals surface area contributed by atoms with Gasteiger partial charge in [0.15, 0.2) is 0 Å². The van der Waals surface area contributed by atoms with Gasteiger partial charge < -0.3 is 10.7 Å². The third kappa shape index (κ3) is 3.79. The highest BCUT2D eigenvalue weighted by Gasteiger charge is 2.24. The van der Waals surface area contributed by atoms with Crippen LogP contribution in [0.15, 0.2) is 36.8 Å². The predicted molar refractivity (Wildman–Crippen MR) is 76.8 cm³/mol. The Labute approximate surface area is 125 Å². The van der Waals surface area contributed by atoms with Gasteiger partial charge >= 0.3 is 6.03 Å². The van der Waals surface area contributed by atoms with Crippen molar-refractivity contribution in [2.45, 2.75) is 12.3 Å². The molecule has 0 spiro atoms. The summed E-state index contributed by atoms with van der Waals surface area (Å²) in [4.78, 5) is 33.1. The second kappa shape index (κ2) is 7.18. The number of rotatable bonds is 7. The Morgan fingerprint density at radius 1 is 1.50 bits per heavy atom. The summed E-state index contributed by atoms with van der Waals surface area (Å²) in [7, 11) is 0. The van der Waals surface area contributed by atoms with Crippen molar-refractivity contribution in [1.29, 1.82) is 0 Å². The SMILES string of the molecule is NC(=O)NOCCC(c1cnc[nH]1)c1ccccc1[N+](=O)[O-]. The molecule has 0 saturated heterocycles. The van der Waals surface area contributed by atoms with E-state index in [0.717, 1.165) is 5.69 Å². The first kappa shape index (κ1) is 15.4. The molecule has 2 rings (SSSR count). The molecule has 1 aromatic heterocycles. The van der Waals surface area contributed by atoms with Crippen molar-refractivity contribution in [3.63, 3.8) is 0 Å². The van der Waals surface area contributed by atoms with Crippen LogP contribution in [0.3, 0.4) is 0 Å². The van der Waals surface area contributed by atoms with E-state index < -0.39 is 11.0 Å². The molecule has 4 N–H and O–H groups in total. The molecule has 22 heavy (non-hydrogen) atoms. The monoisotopic (exact) mass is 305 g/mol. The van der Waals surface area contributed by atoms with Gasteiger partial charge in [0, 0.05) is 29.4 Å². The lowest BCUT2D eigenvalue weighted by Gasteiger charge is -2.15. The fourth-order valence-corrected chi connectivity index (χ4v) is 2.18. The van der Waals surface area contributed by atoms with E-state index in [9.17, 15) is 14.9 Å². The minimum Gasteiger partial charge on any atom is -0.350 e. The Morgan fingerprint density at radius 2 is 2.27 bits per heavy atom. The van der Waals surface area contributed by atoms with Crippen LogP contribution < -0.4 is 11.2 Å². The summed E-state index contributed by atoms with van der Waals surface area (Å²) in [6.45, 7) is 0.138. The van der Waals surface area contributed by atoms with Gasteiger partial charge in [-0.15, -0.1) is 0 Å². The standard InChI is InChI=1S/C13H15N5O4/c14-13(19)17-22-6-5-9(11-7-15-8-16-11)10-3-1-2-4-12(10)18(20)21/h1-4,7-9H,5-6H2,(H,15,16)(H3,14,17,19). The number of urea groups is 1. The number of aromatic amines is 1. The number of hydrogen-bond donors (Lipinski definition) is 3. The summed E-state index contributed by atoms with van der Waals surface area (Å²) in [5.41, 5.74) is 8.19. The van der Waals surface area contributed by atoms with Crippen LogP contribution in [0.1, 0.15) is 23.6 Å². The molecule has 0 radical (unpaired) electrons. The molecule has 2 aromatic rings. The molecule has 9 heteroatoms. The summed E-state index contributed by atoms with van der Waals surface area (Å²) < 4.78 is 0. The number of aromatic nitrogens is 2. The van der Waals surface area contributed by atoms with Crippen molar-refractivity contribution in [2.75, 3.05) is 6.61 Å². The second-order valence-electron chi connectivity index (χ2n) is 4.48. The zero-order chi connectivity index (χ0) is 15.9. The number of nitro groups is 1. The van der Waals surface area contributed by atoms with Crippen LogP contribution in [0.4, 0.5) is 10.5 Å². The van der Waals surface area contributed by atoms with Gasteiger partial charge in [-0.05, 0) is 6.42 Å². The van der Waals surface area contributed by atoms with Crippen LogP contribution in [-0.2, 0) is 4.84 Å². The van der Waals surface area contributed by atoms with E-state index in [1.807, 2.05) is 5.48 Å². The largest absolute Gasteiger partial charge is 0.350 e. The average Bonchev–Trinajstić information content (AvgIpc) is 3.01. The quantitative estimate of drug-likeness (QED) is 0.404. The summed E-state index contributed by atoms with van der Waals surface area (Å²) in [6.07, 6.45) is 3.50. The lowest BCUT2D eigenvalue weighted by Crippen LogP contribution is -2.30. The number of amides is 2. The lowest BCUT2D eigenvalue weighted by molar-refractivity contribution is -0.385. The number of hydrogen-bond acceptors (Lipinski definition) is 5. The average molecular weight is 305 g/mol. The van der Waals surface area contributed by atoms with Crippen LogP contribution >= 0.6 is 0 Å². The Morgan fingerprint density at radius 3 is 2.91 bits per heavy atom. The first-order chi connectivity index (χ1) is 10.6. The van der Waals surface area contributed by atoms with Crippen LogP contribution in [0.2, 0.25) is 0 Å². The summed E-state index contributed by atoms with van der Waals surface area (Å²) in [6, 6.07) is 5.67. The van der Waals surface area contributed by atoms with Gasteiger partial charge in [0.2, 0.25) is 0 Å². The summed E-state index contributed by atoms with van der Waals surface area (Å²) >= 11 is 0. The number of hydroxylamine groups is 1. The Kier molecular flexibility index (Phi) is 5.04. The van der Waals surface area contributed by atoms with E-state index in [-0.39, 0.29) is 18.2 Å². The number of para-hydroxylation sites is 1. The number of imidazole rings is 1. The maximum atomic E-state index is 11.2. The highest BCUT2D eigenvalue weighted by molar-refractivity contribution is 5.70. The Hall–Kier alpha value is -2.94. The Balaban J connectivity index is 2.22. The van der Waals surface area contributed by atoms with Crippen molar-refractivity contribution < 1.29 is 14.6 Å². The fourth-order valence-electron chi connectivity index (χ4n) is 2.18. The highest BCUT2D eigenvalue weighted by Crippen LogP contribution is 2.32. The minimum atomic E-state index is -0.802. The topological polar surface area (TPSA) is 136 Å². The number of nitrogens with zero attached hydrogens (tertiary/aromatic N) is 2. The van der Waals surface area contributed by atoms with Crippen LogP contribution in [0.25, 0.3) is 0 Å². The molecule has 9 nitrogen and oxygen atoms in total. The van der Waals surface area contributed by atoms with Crippen LogP contribution in [0, 0.1) is 10.1 Å². The van der Waals surface area contributed by atoms with Gasteiger partial charge in [-0.25, -0.2) is 15.3 Å². The van der Waals surface area contributed by atoms with E-state index in [4.69, 9.17) is 10.6 Å². The predicted octanol–water partition coefficient (Wildman–Crippen LogP) is 1.44. The molecule has 1 atom stereocenters. The van der Waals surface area contributed by atoms with E-state index >= 15 is 0 Å². The van der Waals surface area contributed by atoms with Crippen LogP contribution in [0.5, 0.6) is 0 Å². The van der Waals surface area contributed by atoms with Crippen molar-refractivity contribution in [3.8, 4) is 0 Å². The number of nitrogens with one attached hydrogen (secondary N) is 2. The van der Waals surface area contributed by atoms with Gasteiger partial charge in [0.1, 0.15) is 0 Å². The molecule has 116 valence electrons. The molecule has 1 heterocycles. The van der Waals surface area contributed by atoms with Crippen molar-refractivity contribution in [1.82, 2.24) is 15.4 Å². The van der Waals surface area contributed by atoms with Crippen molar-refractivity contribution in [3.05, 3.63) is 58.2 Å². The Bertz CT molecular complexity index is 644. The maximum absolute atomic E-state index is 11.2. The van der Waals surface area contributed by atoms with Gasteiger partial charge in [0.05, 0.1) is 17.9 Å². The maximum Gasteiger partial charge on any atom is 0.336 e. The van der Waals surface area contributed by atoms with E-state index in [1.165, 1.54) is 12.4 Å². The lowest BCUT2D eigenvalue weighted by atomic mass is 9.92. The van der Waals surface area contributed by atoms with Crippen molar-refractivity contribution >= 4 is 11.7 Å².